The van der Waals surface area contributed by atoms with Crippen molar-refractivity contribution in [1.29, 1.82) is 0 Å². The second kappa shape index (κ2) is 15.2. The van der Waals surface area contributed by atoms with Gasteiger partial charge in [0.25, 0.3) is 0 Å². The lowest BCUT2D eigenvalue weighted by Crippen LogP contribution is -1.87. The van der Waals surface area contributed by atoms with E-state index in [1.165, 1.54) is 32.6 Å². The number of rotatable bonds is 0. The lowest BCUT2D eigenvalue weighted by Gasteiger charge is -1.87. The fraction of sp³-hybridized carbons (Fsp3) is 0. The standard InChI is InChI=1S/C12H9N.C12H8O.2C6H7N.H3N/c2*1-3-7-11-9(5-1)10-6-2-4-8-12(10)13-11;2*1-2-4-6-7-5-3-1;/h1-8,13H;1-8H;2*1-7H;1H3. The zero-order valence-electron chi connectivity index (χ0n) is 22.8. The van der Waals surface area contributed by atoms with Crippen molar-refractivity contribution in [2.75, 3.05) is 0 Å². The Morgan fingerprint density at radius 2 is 0.707 bits per heavy atom. The Hall–Kier alpha value is -5.52. The molecule has 0 spiro atoms. The van der Waals surface area contributed by atoms with Gasteiger partial charge in [-0.3, -0.25) is 0 Å². The van der Waals surface area contributed by atoms with Crippen LogP contribution in [-0.2, 0) is 0 Å². The Labute approximate surface area is 240 Å². The van der Waals surface area contributed by atoms with Crippen LogP contribution in [0.1, 0.15) is 0 Å². The molecule has 8 rings (SSSR count). The van der Waals surface area contributed by atoms with Crippen LogP contribution in [0.5, 0.6) is 0 Å². The van der Waals surface area contributed by atoms with E-state index in [4.69, 9.17) is 4.42 Å². The van der Waals surface area contributed by atoms with E-state index in [2.05, 4.69) is 76.3 Å². The van der Waals surface area contributed by atoms with Gasteiger partial charge in [0.2, 0.25) is 0 Å². The van der Waals surface area contributed by atoms with Crippen LogP contribution in [-0.4, -0.2) is 4.98 Å². The maximum atomic E-state index is 5.65. The van der Waals surface area contributed by atoms with Gasteiger partial charge in [0.15, 0.2) is 0 Å². The molecule has 0 saturated carbocycles. The minimum absolute atomic E-state index is 0. The zero-order chi connectivity index (χ0) is 27.2. The number of aromatic nitrogens is 1. The Balaban J connectivity index is 0.000000131. The molecule has 204 valence electrons. The molecule has 2 aliphatic rings. The summed E-state index contributed by atoms with van der Waals surface area (Å²) < 4.78 is 5.65. The molecule has 0 amide bonds. The van der Waals surface area contributed by atoms with Crippen molar-refractivity contribution in [3.05, 3.63) is 170 Å². The smallest absolute Gasteiger partial charge is 0.135 e. The van der Waals surface area contributed by atoms with Crippen LogP contribution < -0.4 is 16.8 Å². The van der Waals surface area contributed by atoms with Crippen molar-refractivity contribution < 1.29 is 4.42 Å². The largest absolute Gasteiger partial charge is 0.456 e. The maximum Gasteiger partial charge on any atom is 0.135 e. The van der Waals surface area contributed by atoms with Crippen molar-refractivity contribution >= 4 is 43.7 Å². The Morgan fingerprint density at radius 3 is 1.12 bits per heavy atom. The number of allylic oxidation sites excluding steroid dienone is 8. The molecule has 5 nitrogen and oxygen atoms in total. The lowest BCUT2D eigenvalue weighted by atomic mass is 10.2. The van der Waals surface area contributed by atoms with E-state index in [-0.39, 0.29) is 6.15 Å². The lowest BCUT2D eigenvalue weighted by molar-refractivity contribution is 0.669. The molecule has 0 bridgehead atoms. The number of nitrogens with one attached hydrogen (secondary N) is 3. The van der Waals surface area contributed by atoms with Gasteiger partial charge >= 0.3 is 0 Å². The Kier molecular flexibility index (Phi) is 10.5. The van der Waals surface area contributed by atoms with Crippen molar-refractivity contribution in [2.45, 2.75) is 0 Å². The molecule has 5 heteroatoms. The molecule has 0 saturated heterocycles. The third-order valence-electron chi connectivity index (χ3n) is 6.13. The molecule has 4 heterocycles. The zero-order valence-corrected chi connectivity index (χ0v) is 22.8. The van der Waals surface area contributed by atoms with E-state index < -0.39 is 0 Å². The van der Waals surface area contributed by atoms with Crippen LogP contribution in [0.25, 0.3) is 43.7 Å². The third-order valence-corrected chi connectivity index (χ3v) is 6.13. The fourth-order valence-corrected chi connectivity index (χ4v) is 4.29. The third kappa shape index (κ3) is 7.76. The number of para-hydroxylation sites is 4. The van der Waals surface area contributed by atoms with E-state index in [1.807, 2.05) is 110 Å². The highest BCUT2D eigenvalue weighted by Gasteiger charge is 2.03. The minimum atomic E-state index is 0. The topological polar surface area (TPSA) is 88.0 Å². The van der Waals surface area contributed by atoms with Crippen LogP contribution in [0.4, 0.5) is 0 Å². The first-order valence-electron chi connectivity index (χ1n) is 13.2. The van der Waals surface area contributed by atoms with Crippen molar-refractivity contribution in [1.82, 2.24) is 21.8 Å². The normalized spacial score (nSPS) is 12.5. The van der Waals surface area contributed by atoms with E-state index in [1.54, 1.807) is 0 Å². The Morgan fingerprint density at radius 1 is 0.366 bits per heavy atom. The highest BCUT2D eigenvalue weighted by atomic mass is 16.3. The van der Waals surface area contributed by atoms with Gasteiger partial charge in [0.1, 0.15) is 11.2 Å². The quantitative estimate of drug-likeness (QED) is 0.155. The molecule has 6 aromatic rings. The molecule has 2 aliphatic heterocycles. The summed E-state index contributed by atoms with van der Waals surface area (Å²) in [7, 11) is 0. The molecule has 4 aromatic carbocycles. The first-order valence-corrected chi connectivity index (χ1v) is 13.2. The first kappa shape index (κ1) is 28.5. The van der Waals surface area contributed by atoms with Gasteiger partial charge in [0.05, 0.1) is 0 Å². The number of furan rings is 1. The minimum Gasteiger partial charge on any atom is -0.456 e. The second-order valence-electron chi connectivity index (χ2n) is 8.85. The van der Waals surface area contributed by atoms with Gasteiger partial charge in [-0.15, -0.1) is 0 Å². The summed E-state index contributed by atoms with van der Waals surface area (Å²) in [5, 5.41) is 10.8. The van der Waals surface area contributed by atoms with Crippen molar-refractivity contribution in [3.8, 4) is 0 Å². The van der Waals surface area contributed by atoms with Gasteiger partial charge < -0.3 is 26.2 Å². The highest BCUT2D eigenvalue weighted by molar-refractivity contribution is 6.07. The number of benzene rings is 4. The molecule has 6 N–H and O–H groups in total. The molecule has 0 fully saturated rings. The van der Waals surface area contributed by atoms with E-state index in [9.17, 15) is 0 Å². The van der Waals surface area contributed by atoms with Crippen LogP contribution in [0.15, 0.2) is 175 Å². The van der Waals surface area contributed by atoms with Crippen LogP contribution in [0.2, 0.25) is 0 Å². The van der Waals surface area contributed by atoms with Gasteiger partial charge in [0, 0.05) is 57.4 Å². The van der Waals surface area contributed by atoms with Crippen LogP contribution in [0, 0.1) is 0 Å². The predicted molar refractivity (Wildman–Crippen MR) is 176 cm³/mol. The fourth-order valence-electron chi connectivity index (χ4n) is 4.29. The summed E-state index contributed by atoms with van der Waals surface area (Å²) in [6.07, 6.45) is 23.2. The first-order chi connectivity index (χ1) is 19.9. The average molecular weight is 539 g/mol. The van der Waals surface area contributed by atoms with Gasteiger partial charge in [-0.05, 0) is 48.6 Å². The SMILES string of the molecule is C1=CC=CNC=C1.C1=CC=CNC=C1.N.c1ccc2c(c1)[nH]c1ccccc12.c1ccc2c(c1)oc1ccccc12. The highest BCUT2D eigenvalue weighted by Crippen LogP contribution is 2.27. The molecule has 0 unspecified atom stereocenters. The maximum absolute atomic E-state index is 5.65. The van der Waals surface area contributed by atoms with Crippen molar-refractivity contribution in [3.63, 3.8) is 0 Å². The van der Waals surface area contributed by atoms with E-state index in [0.29, 0.717) is 0 Å². The van der Waals surface area contributed by atoms with Gasteiger partial charge in [-0.1, -0.05) is 97.1 Å². The number of hydrogen-bond acceptors (Lipinski definition) is 4. The molecule has 0 radical (unpaired) electrons. The second-order valence-corrected chi connectivity index (χ2v) is 8.85. The number of aromatic amines is 1. The molecular weight excluding hydrogens is 504 g/mol. The molecular formula is C36H34N4O. The molecule has 41 heavy (non-hydrogen) atoms. The monoisotopic (exact) mass is 538 g/mol. The van der Waals surface area contributed by atoms with E-state index in [0.717, 1.165) is 11.2 Å². The molecule has 2 aromatic heterocycles. The summed E-state index contributed by atoms with van der Waals surface area (Å²) in [5.74, 6) is 0. The molecule has 0 atom stereocenters. The van der Waals surface area contributed by atoms with E-state index >= 15 is 0 Å². The summed E-state index contributed by atoms with van der Waals surface area (Å²) >= 11 is 0. The summed E-state index contributed by atoms with van der Waals surface area (Å²) in [6.45, 7) is 0. The summed E-state index contributed by atoms with van der Waals surface area (Å²) in [6, 6.07) is 33.0. The Bertz CT molecular complexity index is 1600. The number of fused-ring (bicyclic) bond motifs is 6. The number of hydrogen-bond donors (Lipinski definition) is 4. The van der Waals surface area contributed by atoms with Crippen molar-refractivity contribution in [2.24, 2.45) is 0 Å². The summed E-state index contributed by atoms with van der Waals surface area (Å²) in [5.41, 5.74) is 4.35. The number of H-pyrrole nitrogens is 1. The predicted octanol–water partition coefficient (Wildman–Crippen LogP) is 9.42. The summed E-state index contributed by atoms with van der Waals surface area (Å²) in [4.78, 5) is 3.38. The van der Waals surface area contributed by atoms with Gasteiger partial charge in [-0.25, -0.2) is 0 Å². The average Bonchev–Trinajstić information content (AvgIpc) is 3.24. The van der Waals surface area contributed by atoms with Crippen LogP contribution in [0.3, 0.4) is 0 Å². The van der Waals surface area contributed by atoms with Crippen LogP contribution >= 0.6 is 0 Å². The molecule has 0 aliphatic carbocycles. The van der Waals surface area contributed by atoms with Gasteiger partial charge in [-0.2, -0.15) is 0 Å².